The maximum absolute atomic E-state index is 11.7. The molecule has 0 spiro atoms. The van der Waals surface area contributed by atoms with Crippen LogP contribution in [-0.4, -0.2) is 92.6 Å². The van der Waals surface area contributed by atoms with Gasteiger partial charge in [0.25, 0.3) is 0 Å². The van der Waals surface area contributed by atoms with Crippen LogP contribution >= 0.6 is 11.8 Å². The summed E-state index contributed by atoms with van der Waals surface area (Å²) >= 11 is 1.94. The van der Waals surface area contributed by atoms with E-state index in [2.05, 4.69) is 38.8 Å². The number of nitrogens with one attached hydrogen (secondary N) is 6. The van der Waals surface area contributed by atoms with Gasteiger partial charge in [-0.25, -0.2) is 4.79 Å². The van der Waals surface area contributed by atoms with Crippen molar-refractivity contribution in [2.75, 3.05) is 45.6 Å². The topological polar surface area (TPSA) is 167 Å². The van der Waals surface area contributed by atoms with Crippen LogP contribution in [0.4, 0.5) is 4.79 Å². The molecule has 2 aliphatic rings. The summed E-state index contributed by atoms with van der Waals surface area (Å²) in [5.74, 6) is 0.762. The molecule has 0 bridgehead atoms. The molecule has 2 fully saturated rings. The van der Waals surface area contributed by atoms with Gasteiger partial charge in [-0.2, -0.15) is 11.8 Å². The van der Waals surface area contributed by atoms with E-state index in [1.165, 1.54) is 33.2 Å². The second kappa shape index (κ2) is 22.2. The average Bonchev–Trinajstić information content (AvgIpc) is 3.48. The Hall–Kier alpha value is -2.54. The molecule has 6 N–H and O–H groups in total. The number of thioether (sulfide) groups is 1. The third-order valence-corrected chi connectivity index (χ3v) is 7.99. The molecule has 40 heavy (non-hydrogen) atoms. The van der Waals surface area contributed by atoms with Gasteiger partial charge in [-0.1, -0.05) is 32.6 Å². The highest BCUT2D eigenvalue weighted by molar-refractivity contribution is 8.00. The SMILES string of the molecule is CCCCCCNC(=O)CCCCC1SC[C@H]2NC(=O)N[C@@H]12.CNC(=O)CCC(=O)NCCOCCNC(C)=O. The normalized spacial score (nSPS) is 18.9. The molecule has 1 unspecified atom stereocenters. The largest absolute Gasteiger partial charge is 0.378 e. The highest BCUT2D eigenvalue weighted by Gasteiger charge is 2.42. The summed E-state index contributed by atoms with van der Waals surface area (Å²) in [6.45, 7) is 6.09. The maximum Gasteiger partial charge on any atom is 0.315 e. The van der Waals surface area contributed by atoms with Crippen LogP contribution in [0.25, 0.3) is 0 Å². The van der Waals surface area contributed by atoms with Crippen LogP contribution in [0.2, 0.25) is 0 Å². The van der Waals surface area contributed by atoms with E-state index in [4.69, 9.17) is 4.74 Å². The Morgan fingerprint density at radius 2 is 1.52 bits per heavy atom. The predicted octanol–water partition coefficient (Wildman–Crippen LogP) is 1.19. The van der Waals surface area contributed by atoms with Gasteiger partial charge >= 0.3 is 6.03 Å². The third-order valence-electron chi connectivity index (χ3n) is 6.48. The van der Waals surface area contributed by atoms with Crippen LogP contribution in [0.3, 0.4) is 0 Å². The van der Waals surface area contributed by atoms with Crippen molar-refractivity contribution in [1.82, 2.24) is 31.9 Å². The van der Waals surface area contributed by atoms with Gasteiger partial charge in [0.15, 0.2) is 0 Å². The number of urea groups is 1. The summed E-state index contributed by atoms with van der Waals surface area (Å²) in [5, 5.41) is 17.1. The predicted molar refractivity (Wildman–Crippen MR) is 157 cm³/mol. The molecule has 230 valence electrons. The summed E-state index contributed by atoms with van der Waals surface area (Å²) in [4.78, 5) is 55.6. The number of carbonyl (C=O) groups excluding carboxylic acids is 5. The van der Waals surface area contributed by atoms with Gasteiger partial charge < -0.3 is 36.6 Å². The summed E-state index contributed by atoms with van der Waals surface area (Å²) in [6.07, 6.45) is 8.84. The molecule has 0 aromatic rings. The lowest BCUT2D eigenvalue weighted by atomic mass is 10.0. The summed E-state index contributed by atoms with van der Waals surface area (Å²) in [6, 6.07) is 0.557. The monoisotopic (exact) mass is 586 g/mol. The summed E-state index contributed by atoms with van der Waals surface area (Å²) < 4.78 is 5.17. The van der Waals surface area contributed by atoms with E-state index in [1.807, 2.05) is 11.8 Å². The van der Waals surface area contributed by atoms with Crippen molar-refractivity contribution in [2.24, 2.45) is 0 Å². The molecule has 2 saturated heterocycles. The fraction of sp³-hybridized carbons (Fsp3) is 0.815. The Balaban J connectivity index is 0.000000410. The lowest BCUT2D eigenvalue weighted by Crippen LogP contribution is -2.36. The van der Waals surface area contributed by atoms with Gasteiger partial charge in [0, 0.05) is 63.9 Å². The van der Waals surface area contributed by atoms with Gasteiger partial charge in [-0.3, -0.25) is 19.2 Å². The first-order chi connectivity index (χ1) is 19.3. The highest BCUT2D eigenvalue weighted by Crippen LogP contribution is 2.33. The number of fused-ring (bicyclic) bond motifs is 1. The van der Waals surface area contributed by atoms with Crippen molar-refractivity contribution in [3.05, 3.63) is 0 Å². The molecule has 2 heterocycles. The van der Waals surface area contributed by atoms with Gasteiger partial charge in [0.2, 0.25) is 23.6 Å². The Morgan fingerprint density at radius 3 is 2.23 bits per heavy atom. The highest BCUT2D eigenvalue weighted by atomic mass is 32.2. The number of unbranched alkanes of at least 4 members (excludes halogenated alkanes) is 4. The molecule has 12 nitrogen and oxygen atoms in total. The van der Waals surface area contributed by atoms with E-state index >= 15 is 0 Å². The molecule has 0 aliphatic carbocycles. The standard InChI is InChI=1S/C16H29N3O2S.C11H21N3O4/c1-2-3-4-7-10-17-14(20)9-6-5-8-13-15-12(11-22-13)18-16(21)19-15;1-9(15)13-5-7-18-8-6-14-11(17)4-3-10(16)12-2/h12-13,15H,2-11H2,1H3,(H,17,20)(H2,18,19,21);3-8H2,1-2H3,(H,12,16)(H,13,15)(H,14,17)/t12-,13?,15-;/m1./s1. The van der Waals surface area contributed by atoms with Crippen molar-refractivity contribution in [3.63, 3.8) is 0 Å². The Kier molecular flexibility index (Phi) is 19.7. The number of hydrogen-bond acceptors (Lipinski definition) is 7. The molecule has 13 heteroatoms. The van der Waals surface area contributed by atoms with Gasteiger partial charge in [0.1, 0.15) is 0 Å². The number of hydrogen-bond donors (Lipinski definition) is 6. The lowest BCUT2D eigenvalue weighted by molar-refractivity contribution is -0.126. The first kappa shape index (κ1) is 35.5. The second-order valence-corrected chi connectivity index (χ2v) is 11.2. The van der Waals surface area contributed by atoms with Crippen molar-refractivity contribution >= 4 is 41.4 Å². The van der Waals surface area contributed by atoms with E-state index in [9.17, 15) is 24.0 Å². The van der Waals surface area contributed by atoms with Crippen LogP contribution < -0.4 is 31.9 Å². The van der Waals surface area contributed by atoms with Crippen LogP contribution in [0.15, 0.2) is 0 Å². The minimum Gasteiger partial charge on any atom is -0.378 e. The Morgan fingerprint density at radius 1 is 0.850 bits per heavy atom. The zero-order valence-corrected chi connectivity index (χ0v) is 25.2. The summed E-state index contributed by atoms with van der Waals surface area (Å²) in [5.41, 5.74) is 0. The van der Waals surface area contributed by atoms with Crippen molar-refractivity contribution in [3.8, 4) is 0 Å². The Bertz CT molecular complexity index is 787. The van der Waals surface area contributed by atoms with Crippen LogP contribution in [0.5, 0.6) is 0 Å². The van der Waals surface area contributed by atoms with Gasteiger partial charge in [-0.15, -0.1) is 0 Å². The van der Waals surface area contributed by atoms with E-state index < -0.39 is 0 Å². The number of rotatable bonds is 19. The molecule has 0 radical (unpaired) electrons. The smallest absolute Gasteiger partial charge is 0.315 e. The maximum atomic E-state index is 11.7. The summed E-state index contributed by atoms with van der Waals surface area (Å²) in [7, 11) is 1.53. The number of ether oxygens (including phenoxy) is 1. The molecule has 0 aromatic heterocycles. The van der Waals surface area contributed by atoms with Crippen molar-refractivity contribution < 1.29 is 28.7 Å². The zero-order valence-electron chi connectivity index (χ0n) is 24.4. The van der Waals surface area contributed by atoms with Crippen molar-refractivity contribution in [1.29, 1.82) is 0 Å². The lowest BCUT2D eigenvalue weighted by Gasteiger charge is -2.16. The third kappa shape index (κ3) is 17.2. The Labute approximate surface area is 243 Å². The van der Waals surface area contributed by atoms with E-state index in [-0.39, 0.29) is 48.5 Å². The van der Waals surface area contributed by atoms with Crippen molar-refractivity contribution in [2.45, 2.75) is 95.4 Å². The number of amides is 6. The van der Waals surface area contributed by atoms with Crippen LogP contribution in [0.1, 0.15) is 78.1 Å². The second-order valence-electron chi connectivity index (χ2n) is 9.90. The molecule has 3 atom stereocenters. The molecule has 2 aliphatic heterocycles. The van der Waals surface area contributed by atoms with E-state index in [0.717, 1.165) is 38.0 Å². The van der Waals surface area contributed by atoms with E-state index in [1.54, 1.807) is 0 Å². The first-order valence-corrected chi connectivity index (χ1v) is 15.6. The molecule has 6 amide bonds. The minimum absolute atomic E-state index is 0.0252. The quantitative estimate of drug-likeness (QED) is 0.0977. The fourth-order valence-corrected chi connectivity index (χ4v) is 5.79. The van der Waals surface area contributed by atoms with Gasteiger partial charge in [0.05, 0.1) is 25.3 Å². The zero-order chi connectivity index (χ0) is 29.6. The van der Waals surface area contributed by atoms with Crippen LogP contribution in [-0.2, 0) is 23.9 Å². The fourth-order valence-electron chi connectivity index (χ4n) is 4.25. The minimum atomic E-state index is -0.177. The molecular formula is C27H50N6O6S. The van der Waals surface area contributed by atoms with Gasteiger partial charge in [-0.05, 0) is 19.3 Å². The first-order valence-electron chi connectivity index (χ1n) is 14.5. The molecule has 2 rings (SSSR count). The molecular weight excluding hydrogens is 536 g/mol. The number of carbonyl (C=O) groups is 5. The molecule has 0 aromatic carbocycles. The van der Waals surface area contributed by atoms with E-state index in [0.29, 0.717) is 44.0 Å². The van der Waals surface area contributed by atoms with Crippen LogP contribution in [0, 0.1) is 0 Å². The average molecular weight is 587 g/mol. The molecule has 0 saturated carbocycles.